The minimum Gasteiger partial charge on any atom is -0.497 e. The second-order valence-electron chi connectivity index (χ2n) is 6.51. The van der Waals surface area contributed by atoms with Crippen LogP contribution in [0.3, 0.4) is 0 Å². The summed E-state index contributed by atoms with van der Waals surface area (Å²) in [5.41, 5.74) is 6.54. The van der Waals surface area contributed by atoms with E-state index >= 15 is 0 Å². The van der Waals surface area contributed by atoms with Crippen molar-refractivity contribution in [1.82, 2.24) is 15.0 Å². The minimum atomic E-state index is -0.165. The Labute approximate surface area is 182 Å². The first-order valence-electron chi connectivity index (χ1n) is 9.26. The molecule has 0 radical (unpaired) electrons. The van der Waals surface area contributed by atoms with Crippen molar-refractivity contribution >= 4 is 45.4 Å². The third-order valence-electron chi connectivity index (χ3n) is 4.39. The number of ether oxygens (including phenoxy) is 1. The number of thioether (sulfide) groups is 1. The summed E-state index contributed by atoms with van der Waals surface area (Å²) in [6, 6.07) is 17.8. The average molecular weight is 437 g/mol. The van der Waals surface area contributed by atoms with E-state index < -0.39 is 0 Å². The topological polar surface area (TPSA) is 68.5 Å². The van der Waals surface area contributed by atoms with Crippen LogP contribution in [0.4, 0.5) is 0 Å². The van der Waals surface area contributed by atoms with Gasteiger partial charge < -0.3 is 9.30 Å². The lowest BCUT2D eigenvalue weighted by Gasteiger charge is -2.06. The molecule has 0 aliphatic carbocycles. The molecule has 8 heteroatoms. The number of methoxy groups -OCH3 is 1. The van der Waals surface area contributed by atoms with Crippen LogP contribution in [0, 0.1) is 6.92 Å². The molecule has 0 spiro atoms. The first-order chi connectivity index (χ1) is 14.6. The molecule has 30 heavy (non-hydrogen) atoms. The lowest BCUT2D eigenvalue weighted by molar-refractivity contribution is -0.118. The number of nitrogens with one attached hydrogen (secondary N) is 1. The first kappa shape index (κ1) is 20.2. The van der Waals surface area contributed by atoms with Crippen molar-refractivity contribution in [2.45, 2.75) is 11.3 Å². The Morgan fingerprint density at radius 3 is 2.83 bits per heavy atom. The molecule has 1 amide bonds. The number of amides is 1. The molecule has 0 atom stereocenters. The van der Waals surface area contributed by atoms with Gasteiger partial charge in [0.05, 0.1) is 29.3 Å². The molecule has 1 N–H and O–H groups in total. The molecular weight excluding hydrogens is 416 g/mol. The number of nitrogens with zero attached hydrogens (tertiary/aromatic N) is 3. The van der Waals surface area contributed by atoms with Crippen LogP contribution in [-0.4, -0.2) is 34.5 Å². The van der Waals surface area contributed by atoms with Crippen LogP contribution in [0.2, 0.25) is 0 Å². The fourth-order valence-corrected chi connectivity index (χ4v) is 4.80. The van der Waals surface area contributed by atoms with Crippen molar-refractivity contribution in [2.75, 3.05) is 12.9 Å². The van der Waals surface area contributed by atoms with Crippen LogP contribution in [0.1, 0.15) is 11.3 Å². The van der Waals surface area contributed by atoms with Crippen LogP contribution in [0.15, 0.2) is 70.2 Å². The monoisotopic (exact) mass is 436 g/mol. The minimum absolute atomic E-state index is 0.165. The number of benzene rings is 2. The van der Waals surface area contributed by atoms with Gasteiger partial charge in [0.1, 0.15) is 5.75 Å². The highest BCUT2D eigenvalue weighted by atomic mass is 32.2. The summed E-state index contributed by atoms with van der Waals surface area (Å²) in [6.45, 7) is 2.02. The Balaban J connectivity index is 1.33. The number of hydrazone groups is 1. The highest BCUT2D eigenvalue weighted by molar-refractivity contribution is 8.01. The van der Waals surface area contributed by atoms with Gasteiger partial charge in [-0.05, 0) is 49.4 Å². The number of thiazole rings is 1. The van der Waals surface area contributed by atoms with Gasteiger partial charge in [0, 0.05) is 23.1 Å². The van der Waals surface area contributed by atoms with Crippen molar-refractivity contribution in [3.05, 3.63) is 72.1 Å². The fourth-order valence-electron chi connectivity index (χ4n) is 2.94. The van der Waals surface area contributed by atoms with Gasteiger partial charge in [0.15, 0.2) is 4.34 Å². The van der Waals surface area contributed by atoms with E-state index in [0.29, 0.717) is 0 Å². The quantitative estimate of drug-likeness (QED) is 0.260. The number of hydrogen-bond donors (Lipinski definition) is 1. The molecule has 4 aromatic rings. The van der Waals surface area contributed by atoms with Crippen LogP contribution < -0.4 is 10.2 Å². The molecule has 0 saturated carbocycles. The molecule has 0 aliphatic rings. The van der Waals surface area contributed by atoms with E-state index in [0.717, 1.165) is 37.3 Å². The second kappa shape index (κ2) is 9.15. The van der Waals surface area contributed by atoms with Gasteiger partial charge in [-0.15, -0.1) is 11.3 Å². The number of rotatable bonds is 7. The van der Waals surface area contributed by atoms with E-state index in [9.17, 15) is 4.79 Å². The maximum absolute atomic E-state index is 12.1. The smallest absolute Gasteiger partial charge is 0.250 e. The Morgan fingerprint density at radius 2 is 2.07 bits per heavy atom. The van der Waals surface area contributed by atoms with E-state index in [1.54, 1.807) is 24.7 Å². The standard InChI is InChI=1S/C22H20N4O2S2/c1-15-11-16(13-26(15)17-7-9-18(28-2)10-8-17)12-23-25-21(27)14-29-22-24-19-5-3-4-6-20(19)30-22/h3-13H,14H2,1-2H3,(H,25,27)/b23-12+. The maximum atomic E-state index is 12.1. The van der Waals surface area contributed by atoms with Gasteiger partial charge in [-0.2, -0.15) is 5.10 Å². The lowest BCUT2D eigenvalue weighted by atomic mass is 10.3. The highest BCUT2D eigenvalue weighted by Crippen LogP contribution is 2.29. The Kier molecular flexibility index (Phi) is 6.15. The molecular formula is C22H20N4O2S2. The molecule has 2 aromatic heterocycles. The zero-order valence-corrected chi connectivity index (χ0v) is 18.2. The fraction of sp³-hybridized carbons (Fsp3) is 0.136. The van der Waals surface area contributed by atoms with Crippen molar-refractivity contribution in [2.24, 2.45) is 5.10 Å². The maximum Gasteiger partial charge on any atom is 0.250 e. The molecule has 152 valence electrons. The van der Waals surface area contributed by atoms with Crippen molar-refractivity contribution < 1.29 is 9.53 Å². The number of para-hydroxylation sites is 1. The lowest BCUT2D eigenvalue weighted by Crippen LogP contribution is -2.19. The van der Waals surface area contributed by atoms with Gasteiger partial charge >= 0.3 is 0 Å². The third kappa shape index (κ3) is 4.72. The van der Waals surface area contributed by atoms with E-state index in [-0.39, 0.29) is 11.7 Å². The summed E-state index contributed by atoms with van der Waals surface area (Å²) in [5.74, 6) is 0.918. The molecule has 6 nitrogen and oxygen atoms in total. The number of carbonyl (C=O) groups is 1. The summed E-state index contributed by atoms with van der Waals surface area (Å²) in [4.78, 5) is 16.6. The molecule has 2 heterocycles. The van der Waals surface area contributed by atoms with Gasteiger partial charge in [-0.25, -0.2) is 10.4 Å². The van der Waals surface area contributed by atoms with E-state index in [1.165, 1.54) is 11.8 Å². The molecule has 2 aromatic carbocycles. The summed E-state index contributed by atoms with van der Waals surface area (Å²) in [7, 11) is 1.65. The number of aryl methyl sites for hydroxylation is 1. The van der Waals surface area contributed by atoms with Crippen LogP contribution in [0.25, 0.3) is 15.9 Å². The van der Waals surface area contributed by atoms with Crippen LogP contribution in [0.5, 0.6) is 5.75 Å². The first-order valence-corrected chi connectivity index (χ1v) is 11.1. The van der Waals surface area contributed by atoms with Crippen molar-refractivity contribution in [1.29, 1.82) is 0 Å². The zero-order chi connectivity index (χ0) is 20.9. The van der Waals surface area contributed by atoms with Crippen LogP contribution >= 0.6 is 23.1 Å². The molecule has 0 fully saturated rings. The van der Waals surface area contributed by atoms with E-state index in [2.05, 4.69) is 20.1 Å². The van der Waals surface area contributed by atoms with E-state index in [4.69, 9.17) is 4.74 Å². The van der Waals surface area contributed by atoms with E-state index in [1.807, 2.05) is 67.7 Å². The Bertz CT molecular complexity index is 1160. The van der Waals surface area contributed by atoms with Gasteiger partial charge in [-0.3, -0.25) is 4.79 Å². The normalized spacial score (nSPS) is 11.3. The Morgan fingerprint density at radius 1 is 1.27 bits per heavy atom. The second-order valence-corrected chi connectivity index (χ2v) is 8.77. The zero-order valence-electron chi connectivity index (χ0n) is 16.5. The summed E-state index contributed by atoms with van der Waals surface area (Å²) in [5, 5.41) is 4.08. The number of aromatic nitrogens is 2. The average Bonchev–Trinajstić information content (AvgIpc) is 3.35. The molecule has 0 bridgehead atoms. The van der Waals surface area contributed by atoms with Crippen LogP contribution in [-0.2, 0) is 4.79 Å². The van der Waals surface area contributed by atoms with Gasteiger partial charge in [-0.1, -0.05) is 23.9 Å². The predicted molar refractivity (Wildman–Crippen MR) is 123 cm³/mol. The number of fused-ring (bicyclic) bond motifs is 1. The molecule has 0 saturated heterocycles. The largest absolute Gasteiger partial charge is 0.497 e. The summed E-state index contributed by atoms with van der Waals surface area (Å²) in [6.07, 6.45) is 3.62. The third-order valence-corrected chi connectivity index (χ3v) is 6.57. The van der Waals surface area contributed by atoms with Gasteiger partial charge in [0.25, 0.3) is 5.91 Å². The van der Waals surface area contributed by atoms with Crippen molar-refractivity contribution in [3.63, 3.8) is 0 Å². The molecule has 0 unspecified atom stereocenters. The van der Waals surface area contributed by atoms with Crippen molar-refractivity contribution in [3.8, 4) is 11.4 Å². The molecule has 4 rings (SSSR count). The SMILES string of the molecule is COc1ccc(-n2cc(/C=N/NC(=O)CSc3nc4ccccc4s3)cc2C)cc1. The molecule has 0 aliphatic heterocycles. The van der Waals surface area contributed by atoms with Gasteiger partial charge in [0.2, 0.25) is 0 Å². The predicted octanol–water partition coefficient (Wildman–Crippen LogP) is 4.65. The Hall–Kier alpha value is -3.10. The highest BCUT2D eigenvalue weighted by Gasteiger charge is 2.07. The number of hydrogen-bond acceptors (Lipinski definition) is 6. The number of carbonyl (C=O) groups excluding carboxylic acids is 1. The summed E-state index contributed by atoms with van der Waals surface area (Å²) >= 11 is 3.00. The summed E-state index contributed by atoms with van der Waals surface area (Å²) < 4.78 is 9.26.